The van der Waals surface area contributed by atoms with Crippen LogP contribution in [0, 0.1) is 0 Å². The maximum Gasteiger partial charge on any atom is 0.247 e. The molecule has 1 aromatic heterocycles. The average molecular weight is 354 g/mol. The lowest BCUT2D eigenvalue weighted by Crippen LogP contribution is -1.99. The van der Waals surface area contributed by atoms with Crippen LogP contribution < -0.4 is 9.80 Å². The molecule has 0 radical (unpaired) electrons. The summed E-state index contributed by atoms with van der Waals surface area (Å²) in [6, 6.07) is 20.0. The van der Waals surface area contributed by atoms with Crippen LogP contribution in [-0.4, -0.2) is 24.9 Å². The molecule has 3 heterocycles. The van der Waals surface area contributed by atoms with Crippen molar-refractivity contribution in [3.63, 3.8) is 0 Å². The number of hydrogen-bond acceptors (Lipinski definition) is 3. The highest BCUT2D eigenvalue weighted by molar-refractivity contribution is 6.15. The molecule has 0 unspecified atom stereocenters. The fourth-order valence-corrected chi connectivity index (χ4v) is 3.65. The van der Waals surface area contributed by atoms with Gasteiger partial charge in [0.1, 0.15) is 24.3 Å². The highest BCUT2D eigenvalue weighted by atomic mass is 16.3. The van der Waals surface area contributed by atoms with Crippen LogP contribution in [0.25, 0.3) is 33.1 Å². The highest BCUT2D eigenvalue weighted by Crippen LogP contribution is 2.38. The van der Waals surface area contributed by atoms with Crippen molar-refractivity contribution < 1.29 is 14.0 Å². The molecule has 27 heavy (non-hydrogen) atoms. The summed E-state index contributed by atoms with van der Waals surface area (Å²) < 4.78 is 6.00. The second kappa shape index (κ2) is 4.98. The van der Waals surface area contributed by atoms with Gasteiger partial charge in [0.15, 0.2) is 0 Å². The molecule has 0 N–H and O–H groups in total. The topological polar surface area (TPSA) is 53.3 Å². The summed E-state index contributed by atoms with van der Waals surface area (Å²) in [6.07, 6.45) is 0. The molecule has 2 saturated heterocycles. The third-order valence-electron chi connectivity index (χ3n) is 5.22. The number of nitrogens with zero attached hydrogens (tertiary/aromatic N) is 2. The zero-order valence-electron chi connectivity index (χ0n) is 14.3. The van der Waals surface area contributed by atoms with Crippen molar-refractivity contribution in [2.24, 2.45) is 0 Å². The predicted molar refractivity (Wildman–Crippen MR) is 104 cm³/mol. The van der Waals surface area contributed by atoms with Gasteiger partial charge in [-0.25, -0.2) is 0 Å². The second-order valence-corrected chi connectivity index (χ2v) is 7.01. The van der Waals surface area contributed by atoms with Crippen LogP contribution in [0.1, 0.15) is 0 Å². The highest BCUT2D eigenvalue weighted by Gasteiger charge is 2.35. The lowest BCUT2D eigenvalue weighted by Gasteiger charge is -2.10. The quantitative estimate of drug-likeness (QED) is 0.524. The third-order valence-corrected chi connectivity index (χ3v) is 5.22. The van der Waals surface area contributed by atoms with Gasteiger partial charge >= 0.3 is 0 Å². The minimum atomic E-state index is 0.1000. The van der Waals surface area contributed by atoms with Gasteiger partial charge in [-0.3, -0.25) is 9.59 Å². The van der Waals surface area contributed by atoms with Gasteiger partial charge in [-0.15, -0.1) is 0 Å². The summed E-state index contributed by atoms with van der Waals surface area (Å²) in [7, 11) is 0. The fourth-order valence-electron chi connectivity index (χ4n) is 3.65. The summed E-state index contributed by atoms with van der Waals surface area (Å²) >= 11 is 0. The largest absolute Gasteiger partial charge is 0.456 e. The summed E-state index contributed by atoms with van der Waals surface area (Å²) in [5.41, 5.74) is 5.31. The van der Waals surface area contributed by atoms with E-state index in [1.807, 2.05) is 42.5 Å². The molecule has 5 heteroatoms. The summed E-state index contributed by atoms with van der Waals surface area (Å²) in [5, 5.41) is 2.17. The number of furan rings is 1. The van der Waals surface area contributed by atoms with E-state index < -0.39 is 0 Å². The Kier molecular flexibility index (Phi) is 2.68. The van der Waals surface area contributed by atoms with Crippen LogP contribution in [0.3, 0.4) is 0 Å². The number of hydrogen-bond donors (Lipinski definition) is 0. The van der Waals surface area contributed by atoms with E-state index in [0.717, 1.165) is 44.4 Å². The van der Waals surface area contributed by atoms with Crippen LogP contribution in [0.15, 0.2) is 65.1 Å². The normalized spacial score (nSPS) is 15.9. The number of anilines is 2. The molecule has 0 bridgehead atoms. The van der Waals surface area contributed by atoms with Crippen molar-refractivity contribution in [3.8, 4) is 11.1 Å². The maximum atomic E-state index is 11.6. The minimum absolute atomic E-state index is 0.1000. The molecule has 2 aliphatic rings. The van der Waals surface area contributed by atoms with Gasteiger partial charge in [0.25, 0.3) is 0 Å². The first kappa shape index (κ1) is 14.6. The van der Waals surface area contributed by atoms with Crippen LogP contribution in [-0.2, 0) is 9.59 Å². The number of fused-ring (bicyclic) bond motifs is 3. The van der Waals surface area contributed by atoms with E-state index in [0.29, 0.717) is 13.1 Å². The van der Waals surface area contributed by atoms with Gasteiger partial charge < -0.3 is 14.2 Å². The van der Waals surface area contributed by atoms with Gasteiger partial charge in [0.05, 0.1) is 0 Å². The van der Waals surface area contributed by atoms with E-state index in [-0.39, 0.29) is 11.8 Å². The van der Waals surface area contributed by atoms with Crippen LogP contribution in [0.4, 0.5) is 11.4 Å². The Hall–Kier alpha value is -3.60. The molecule has 0 atom stereocenters. The number of carbonyl (C=O) groups is 2. The van der Waals surface area contributed by atoms with Gasteiger partial charge in [0.2, 0.25) is 11.8 Å². The van der Waals surface area contributed by atoms with E-state index in [1.54, 1.807) is 9.80 Å². The van der Waals surface area contributed by atoms with Crippen molar-refractivity contribution >= 4 is 45.1 Å². The monoisotopic (exact) mass is 354 g/mol. The lowest BCUT2D eigenvalue weighted by atomic mass is 10.0. The van der Waals surface area contributed by atoms with E-state index in [9.17, 15) is 9.59 Å². The predicted octanol–water partition coefficient (Wildman–Crippen LogP) is 3.95. The molecule has 4 aromatic rings. The Bertz CT molecular complexity index is 1250. The van der Waals surface area contributed by atoms with Crippen molar-refractivity contribution in [1.82, 2.24) is 0 Å². The summed E-state index contributed by atoms with van der Waals surface area (Å²) in [6.45, 7) is 0.860. The Morgan fingerprint density at radius 2 is 1.30 bits per heavy atom. The molecule has 130 valence electrons. The average Bonchev–Trinajstić information content (AvgIpc) is 3.57. The van der Waals surface area contributed by atoms with Crippen molar-refractivity contribution in [2.45, 2.75) is 0 Å². The number of benzene rings is 3. The second-order valence-electron chi connectivity index (χ2n) is 7.01. The third kappa shape index (κ3) is 2.25. The first-order valence-corrected chi connectivity index (χ1v) is 8.85. The number of para-hydroxylation sites is 1. The SMILES string of the molecule is O=C1CN1c1cc(-c2ccc3c(c2)oc2ccccc23)cc(N2CC2=O)c1. The van der Waals surface area contributed by atoms with Gasteiger partial charge in [-0.05, 0) is 47.5 Å². The summed E-state index contributed by atoms with van der Waals surface area (Å²) in [4.78, 5) is 26.6. The molecule has 2 aliphatic heterocycles. The number of rotatable bonds is 3. The molecule has 2 fully saturated rings. The maximum absolute atomic E-state index is 11.6. The number of amides is 2. The molecule has 5 nitrogen and oxygen atoms in total. The first-order chi connectivity index (χ1) is 13.2. The van der Waals surface area contributed by atoms with E-state index in [2.05, 4.69) is 18.2 Å². The standard InChI is InChI=1S/C22H14N2O3/c25-21-11-23(21)15-7-14(8-16(10-15)24-12-22(24)26)13-5-6-18-17-3-1-2-4-19(17)27-20(18)9-13/h1-10H,11-12H2. The van der Waals surface area contributed by atoms with Gasteiger partial charge in [-0.2, -0.15) is 0 Å². The van der Waals surface area contributed by atoms with Crippen molar-refractivity contribution in [3.05, 3.63) is 60.7 Å². The zero-order chi connectivity index (χ0) is 18.1. The Morgan fingerprint density at radius 1 is 0.667 bits per heavy atom. The van der Waals surface area contributed by atoms with Crippen LogP contribution >= 0.6 is 0 Å². The molecular weight excluding hydrogens is 340 g/mol. The van der Waals surface area contributed by atoms with E-state index >= 15 is 0 Å². The van der Waals surface area contributed by atoms with E-state index in [1.165, 1.54) is 0 Å². The fraction of sp³-hybridized carbons (Fsp3) is 0.0909. The molecule has 0 saturated carbocycles. The molecule has 3 aromatic carbocycles. The molecule has 0 aliphatic carbocycles. The van der Waals surface area contributed by atoms with Gasteiger partial charge in [-0.1, -0.05) is 24.3 Å². The zero-order valence-corrected chi connectivity index (χ0v) is 14.3. The minimum Gasteiger partial charge on any atom is -0.456 e. The molecular formula is C22H14N2O3. The van der Waals surface area contributed by atoms with E-state index in [4.69, 9.17) is 4.42 Å². The van der Waals surface area contributed by atoms with Crippen molar-refractivity contribution in [2.75, 3.05) is 22.9 Å². The molecule has 6 rings (SSSR count). The Labute approximate surface area is 154 Å². The van der Waals surface area contributed by atoms with Crippen LogP contribution in [0.2, 0.25) is 0 Å². The van der Waals surface area contributed by atoms with Crippen molar-refractivity contribution in [1.29, 1.82) is 0 Å². The summed E-state index contributed by atoms with van der Waals surface area (Å²) in [5.74, 6) is 0.200. The smallest absolute Gasteiger partial charge is 0.247 e. The Balaban J connectivity index is 1.52. The van der Waals surface area contributed by atoms with Gasteiger partial charge in [0, 0.05) is 22.1 Å². The Morgan fingerprint density at radius 3 is 1.96 bits per heavy atom. The van der Waals surface area contributed by atoms with Crippen LogP contribution in [0.5, 0.6) is 0 Å². The number of carbonyl (C=O) groups excluding carboxylic acids is 2. The lowest BCUT2D eigenvalue weighted by molar-refractivity contribution is -0.110. The molecule has 0 spiro atoms. The first-order valence-electron chi connectivity index (χ1n) is 8.85. The molecule has 2 amide bonds.